The Morgan fingerprint density at radius 2 is 1.50 bits per heavy atom. The Morgan fingerprint density at radius 1 is 0.875 bits per heavy atom. The summed E-state index contributed by atoms with van der Waals surface area (Å²) in [6.45, 7) is 14.9. The maximum atomic E-state index is 5.46. The molecule has 0 aliphatic carbocycles. The van der Waals surface area contributed by atoms with E-state index in [0.29, 0.717) is 31.1 Å². The Kier molecular flexibility index (Phi) is 9.99. The minimum atomic E-state index is 0.556. The largest absolute Gasteiger partial charge is 0.379 e. The van der Waals surface area contributed by atoms with Gasteiger partial charge in [-0.15, -0.1) is 0 Å². The fourth-order valence-corrected chi connectivity index (χ4v) is 1.13. The van der Waals surface area contributed by atoms with Gasteiger partial charge in [-0.05, 0) is 18.8 Å². The van der Waals surface area contributed by atoms with Crippen LogP contribution in [0.5, 0.6) is 0 Å². The average molecular weight is 231 g/mol. The summed E-state index contributed by atoms with van der Waals surface area (Å²) in [7, 11) is 0. The minimum absolute atomic E-state index is 0.556. The van der Waals surface area contributed by atoms with Crippen molar-refractivity contribution in [2.75, 3.05) is 33.0 Å². The molecule has 98 valence electrons. The van der Waals surface area contributed by atoms with Crippen molar-refractivity contribution in [1.82, 2.24) is 5.32 Å². The second-order valence-corrected chi connectivity index (χ2v) is 5.07. The predicted octanol–water partition coefficient (Wildman–Crippen LogP) is 2.31. The molecule has 1 atom stereocenters. The van der Waals surface area contributed by atoms with Crippen molar-refractivity contribution >= 4 is 0 Å². The quantitative estimate of drug-likeness (QED) is 0.585. The molecule has 1 N–H and O–H groups in total. The molecule has 0 fully saturated rings. The Bertz CT molecular complexity index is 149. The third-order valence-electron chi connectivity index (χ3n) is 2.54. The molecular weight excluding hydrogens is 202 g/mol. The van der Waals surface area contributed by atoms with Gasteiger partial charge in [-0.2, -0.15) is 0 Å². The number of nitrogens with one attached hydrogen (secondary N) is 1. The SMILES string of the molecule is CC(C)COCCOCCNC(C)C(C)C. The Morgan fingerprint density at radius 3 is 2.06 bits per heavy atom. The highest BCUT2D eigenvalue weighted by atomic mass is 16.5. The third kappa shape index (κ3) is 10.4. The van der Waals surface area contributed by atoms with E-state index in [-0.39, 0.29) is 0 Å². The molecule has 0 aliphatic heterocycles. The molecule has 0 saturated carbocycles. The van der Waals surface area contributed by atoms with Crippen LogP contribution in [0.4, 0.5) is 0 Å². The van der Waals surface area contributed by atoms with Gasteiger partial charge in [-0.1, -0.05) is 27.7 Å². The molecule has 0 aliphatic rings. The fourth-order valence-electron chi connectivity index (χ4n) is 1.13. The highest BCUT2D eigenvalue weighted by Gasteiger charge is 2.04. The Labute approximate surface area is 101 Å². The Balaban J connectivity index is 3.10. The van der Waals surface area contributed by atoms with Crippen molar-refractivity contribution in [1.29, 1.82) is 0 Å². The summed E-state index contributed by atoms with van der Waals surface area (Å²) in [5, 5.41) is 3.43. The van der Waals surface area contributed by atoms with E-state index < -0.39 is 0 Å². The van der Waals surface area contributed by atoms with Gasteiger partial charge >= 0.3 is 0 Å². The summed E-state index contributed by atoms with van der Waals surface area (Å²) in [6.07, 6.45) is 0. The number of hydrogen-bond donors (Lipinski definition) is 1. The van der Waals surface area contributed by atoms with Crippen LogP contribution in [-0.4, -0.2) is 39.0 Å². The van der Waals surface area contributed by atoms with Crippen molar-refractivity contribution in [3.63, 3.8) is 0 Å². The van der Waals surface area contributed by atoms with Crippen molar-refractivity contribution < 1.29 is 9.47 Å². The van der Waals surface area contributed by atoms with E-state index in [9.17, 15) is 0 Å². The van der Waals surface area contributed by atoms with Crippen LogP contribution in [0.15, 0.2) is 0 Å². The Hall–Kier alpha value is -0.120. The molecule has 1 unspecified atom stereocenters. The van der Waals surface area contributed by atoms with E-state index in [2.05, 4.69) is 39.9 Å². The van der Waals surface area contributed by atoms with Crippen LogP contribution in [0.1, 0.15) is 34.6 Å². The maximum absolute atomic E-state index is 5.46. The van der Waals surface area contributed by atoms with Gasteiger partial charge in [0.05, 0.1) is 19.8 Å². The van der Waals surface area contributed by atoms with Gasteiger partial charge in [0.15, 0.2) is 0 Å². The molecule has 0 aromatic heterocycles. The van der Waals surface area contributed by atoms with E-state index in [1.807, 2.05) is 0 Å². The zero-order valence-corrected chi connectivity index (χ0v) is 11.6. The van der Waals surface area contributed by atoms with Gasteiger partial charge in [0.2, 0.25) is 0 Å². The molecule has 0 amide bonds. The van der Waals surface area contributed by atoms with E-state index in [1.54, 1.807) is 0 Å². The number of rotatable bonds is 10. The van der Waals surface area contributed by atoms with Crippen molar-refractivity contribution in [2.24, 2.45) is 11.8 Å². The van der Waals surface area contributed by atoms with Crippen LogP contribution in [-0.2, 0) is 9.47 Å². The normalized spacial score (nSPS) is 13.7. The number of hydrogen-bond acceptors (Lipinski definition) is 3. The fraction of sp³-hybridized carbons (Fsp3) is 1.00. The van der Waals surface area contributed by atoms with Crippen LogP contribution in [0.25, 0.3) is 0 Å². The van der Waals surface area contributed by atoms with Crippen molar-refractivity contribution in [3.8, 4) is 0 Å². The first-order chi connectivity index (χ1) is 7.54. The lowest BCUT2D eigenvalue weighted by molar-refractivity contribution is 0.0380. The lowest BCUT2D eigenvalue weighted by Gasteiger charge is -2.17. The van der Waals surface area contributed by atoms with Crippen molar-refractivity contribution in [3.05, 3.63) is 0 Å². The highest BCUT2D eigenvalue weighted by molar-refractivity contribution is 4.63. The summed E-state index contributed by atoms with van der Waals surface area (Å²) in [5.74, 6) is 1.28. The van der Waals surface area contributed by atoms with Crippen LogP contribution >= 0.6 is 0 Å². The van der Waals surface area contributed by atoms with E-state index in [1.165, 1.54) is 0 Å². The molecule has 0 aromatic rings. The van der Waals surface area contributed by atoms with Gasteiger partial charge in [-0.25, -0.2) is 0 Å². The molecule has 0 radical (unpaired) electrons. The smallest absolute Gasteiger partial charge is 0.0701 e. The van der Waals surface area contributed by atoms with Gasteiger partial charge in [0.1, 0.15) is 0 Å². The topological polar surface area (TPSA) is 30.5 Å². The lowest BCUT2D eigenvalue weighted by atomic mass is 10.1. The summed E-state index contributed by atoms with van der Waals surface area (Å²) in [4.78, 5) is 0. The summed E-state index contributed by atoms with van der Waals surface area (Å²) in [6, 6.07) is 0.556. The molecule has 3 heteroatoms. The first-order valence-electron chi connectivity index (χ1n) is 6.43. The second kappa shape index (κ2) is 10.1. The molecule has 0 bridgehead atoms. The summed E-state index contributed by atoms with van der Waals surface area (Å²) < 4.78 is 10.9. The van der Waals surface area contributed by atoms with Crippen LogP contribution in [0, 0.1) is 11.8 Å². The van der Waals surface area contributed by atoms with E-state index in [0.717, 1.165) is 19.8 Å². The molecule has 0 saturated heterocycles. The summed E-state index contributed by atoms with van der Waals surface area (Å²) >= 11 is 0. The molecule has 0 heterocycles. The third-order valence-corrected chi connectivity index (χ3v) is 2.54. The van der Waals surface area contributed by atoms with Gasteiger partial charge in [-0.3, -0.25) is 0 Å². The molecular formula is C13H29NO2. The van der Waals surface area contributed by atoms with Gasteiger partial charge in [0, 0.05) is 19.2 Å². The molecule has 0 spiro atoms. The first-order valence-corrected chi connectivity index (χ1v) is 6.43. The minimum Gasteiger partial charge on any atom is -0.379 e. The summed E-state index contributed by atoms with van der Waals surface area (Å²) in [5.41, 5.74) is 0. The van der Waals surface area contributed by atoms with E-state index in [4.69, 9.17) is 9.47 Å². The van der Waals surface area contributed by atoms with E-state index >= 15 is 0 Å². The second-order valence-electron chi connectivity index (χ2n) is 5.07. The zero-order valence-electron chi connectivity index (χ0n) is 11.6. The predicted molar refractivity (Wildman–Crippen MR) is 68.8 cm³/mol. The van der Waals surface area contributed by atoms with Crippen LogP contribution in [0.3, 0.4) is 0 Å². The van der Waals surface area contributed by atoms with Gasteiger partial charge in [0.25, 0.3) is 0 Å². The molecule has 3 nitrogen and oxygen atoms in total. The van der Waals surface area contributed by atoms with Crippen molar-refractivity contribution in [2.45, 2.75) is 40.7 Å². The maximum Gasteiger partial charge on any atom is 0.0701 e. The van der Waals surface area contributed by atoms with Gasteiger partial charge < -0.3 is 14.8 Å². The molecule has 16 heavy (non-hydrogen) atoms. The van der Waals surface area contributed by atoms with Crippen LogP contribution < -0.4 is 5.32 Å². The average Bonchev–Trinajstić information content (AvgIpc) is 2.21. The zero-order chi connectivity index (χ0) is 12.4. The van der Waals surface area contributed by atoms with Crippen LogP contribution in [0.2, 0.25) is 0 Å². The molecule has 0 aromatic carbocycles. The standard InChI is InChI=1S/C13H29NO2/c1-11(2)10-16-9-8-15-7-6-14-13(5)12(3)4/h11-14H,6-10H2,1-5H3. The number of ether oxygens (including phenoxy) is 2. The first kappa shape index (κ1) is 15.9. The molecule has 0 rings (SSSR count). The monoisotopic (exact) mass is 231 g/mol. The highest BCUT2D eigenvalue weighted by Crippen LogP contribution is 1.98. The lowest BCUT2D eigenvalue weighted by Crippen LogP contribution is -2.33.